The molecule has 3 heterocycles. The first kappa shape index (κ1) is 25.2. The molecule has 0 aliphatic carbocycles. The number of fused-ring (bicyclic) bond motifs is 1. The Morgan fingerprint density at radius 2 is 1.59 bits per heavy atom. The molecule has 2 aromatic heterocycles. The summed E-state index contributed by atoms with van der Waals surface area (Å²) in [7, 11) is -2.15. The topological polar surface area (TPSA) is 100 Å². The first-order valence-electron chi connectivity index (χ1n) is 12.5. The zero-order valence-corrected chi connectivity index (χ0v) is 21.9. The second-order valence-electron chi connectivity index (χ2n) is 9.43. The van der Waals surface area contributed by atoms with E-state index in [1.165, 1.54) is 12.6 Å². The normalized spacial score (nSPS) is 15.4. The number of nitrogens with zero attached hydrogens (tertiary/aromatic N) is 4. The lowest BCUT2D eigenvalue weighted by atomic mass is 10.1. The Kier molecular flexibility index (Phi) is 6.89. The van der Waals surface area contributed by atoms with Crippen molar-refractivity contribution in [1.29, 1.82) is 0 Å². The zero-order chi connectivity index (χ0) is 26.2. The summed E-state index contributed by atoms with van der Waals surface area (Å²) in [5, 5.41) is 0. The van der Waals surface area contributed by atoms with E-state index >= 15 is 0 Å². The summed E-state index contributed by atoms with van der Waals surface area (Å²) < 4.78 is 30.8. The number of piperazine rings is 1. The molecule has 0 bridgehead atoms. The highest BCUT2D eigenvalue weighted by Crippen LogP contribution is 2.25. The third-order valence-corrected chi connectivity index (χ3v) is 8.87. The summed E-state index contributed by atoms with van der Waals surface area (Å²) in [5.41, 5.74) is 2.78. The smallest absolute Gasteiger partial charge is 0.331 e. The first-order valence-corrected chi connectivity index (χ1v) is 13.9. The number of benzene rings is 2. The number of sulfonamides is 1. The molecule has 1 saturated heterocycles. The van der Waals surface area contributed by atoms with Crippen LogP contribution >= 0.6 is 0 Å². The van der Waals surface area contributed by atoms with Gasteiger partial charge in [-0.3, -0.25) is 18.8 Å². The SMILES string of the molecule is CCCn1c(=O)n(C)c(=O)c2[nH]c(-c3ccc(S(=O)(=O)N4CCN(Cc5ccccc5)CC4)cc3)cc21. The summed E-state index contributed by atoms with van der Waals surface area (Å²) in [5.74, 6) is 0. The van der Waals surface area contributed by atoms with Gasteiger partial charge in [-0.25, -0.2) is 13.2 Å². The van der Waals surface area contributed by atoms with E-state index in [2.05, 4.69) is 22.0 Å². The summed E-state index contributed by atoms with van der Waals surface area (Å²) in [6.07, 6.45) is 0.751. The lowest BCUT2D eigenvalue weighted by Crippen LogP contribution is -2.48. The third-order valence-electron chi connectivity index (χ3n) is 6.95. The van der Waals surface area contributed by atoms with Crippen LogP contribution in [-0.4, -0.2) is 57.9 Å². The van der Waals surface area contributed by atoms with Crippen molar-refractivity contribution in [2.24, 2.45) is 7.05 Å². The Bertz CT molecular complexity index is 1630. The Morgan fingerprint density at radius 3 is 2.24 bits per heavy atom. The van der Waals surface area contributed by atoms with Crippen LogP contribution in [0.2, 0.25) is 0 Å². The van der Waals surface area contributed by atoms with Crippen molar-refractivity contribution in [2.75, 3.05) is 26.2 Å². The van der Waals surface area contributed by atoms with E-state index in [1.54, 1.807) is 39.2 Å². The number of aromatic amines is 1. The van der Waals surface area contributed by atoms with Gasteiger partial charge in [0.25, 0.3) is 5.56 Å². The number of aromatic nitrogens is 3. The molecule has 194 valence electrons. The summed E-state index contributed by atoms with van der Waals surface area (Å²) >= 11 is 0. The molecule has 0 unspecified atom stereocenters. The number of hydrogen-bond acceptors (Lipinski definition) is 5. The molecular formula is C27H31N5O4S. The van der Waals surface area contributed by atoms with Crippen molar-refractivity contribution in [3.05, 3.63) is 87.1 Å². The van der Waals surface area contributed by atoms with Gasteiger partial charge in [-0.15, -0.1) is 0 Å². The fraction of sp³-hybridized carbons (Fsp3) is 0.333. The van der Waals surface area contributed by atoms with E-state index in [9.17, 15) is 18.0 Å². The second-order valence-corrected chi connectivity index (χ2v) is 11.4. The Hall–Kier alpha value is -3.47. The predicted molar refractivity (Wildman–Crippen MR) is 144 cm³/mol. The van der Waals surface area contributed by atoms with Crippen LogP contribution in [0.3, 0.4) is 0 Å². The lowest BCUT2D eigenvalue weighted by molar-refractivity contribution is 0.181. The molecule has 4 aromatic rings. The van der Waals surface area contributed by atoms with Crippen LogP contribution < -0.4 is 11.2 Å². The molecule has 1 aliphatic rings. The number of aryl methyl sites for hydroxylation is 1. The van der Waals surface area contributed by atoms with Gasteiger partial charge in [0.2, 0.25) is 10.0 Å². The summed E-state index contributed by atoms with van der Waals surface area (Å²) in [6, 6.07) is 18.6. The maximum absolute atomic E-state index is 13.3. The molecule has 1 N–H and O–H groups in total. The highest BCUT2D eigenvalue weighted by atomic mass is 32.2. The van der Waals surface area contributed by atoms with Gasteiger partial charge in [-0.05, 0) is 35.7 Å². The average Bonchev–Trinajstić information content (AvgIpc) is 3.36. The highest BCUT2D eigenvalue weighted by molar-refractivity contribution is 7.89. The maximum Gasteiger partial charge on any atom is 0.331 e. The fourth-order valence-corrected chi connectivity index (χ4v) is 6.30. The molecule has 10 heteroatoms. The Morgan fingerprint density at radius 1 is 0.919 bits per heavy atom. The van der Waals surface area contributed by atoms with Crippen molar-refractivity contribution in [3.63, 3.8) is 0 Å². The fourth-order valence-electron chi connectivity index (χ4n) is 4.88. The molecule has 0 atom stereocenters. The Balaban J connectivity index is 1.35. The molecule has 2 aromatic carbocycles. The number of H-pyrrole nitrogens is 1. The van der Waals surface area contributed by atoms with Crippen LogP contribution in [0.25, 0.3) is 22.3 Å². The van der Waals surface area contributed by atoms with E-state index < -0.39 is 10.0 Å². The van der Waals surface area contributed by atoms with Gasteiger partial charge < -0.3 is 4.98 Å². The van der Waals surface area contributed by atoms with Crippen LogP contribution in [0, 0.1) is 0 Å². The number of nitrogens with one attached hydrogen (secondary N) is 1. The molecule has 9 nitrogen and oxygen atoms in total. The average molecular weight is 522 g/mol. The van der Waals surface area contributed by atoms with Gasteiger partial charge in [-0.1, -0.05) is 49.4 Å². The van der Waals surface area contributed by atoms with Crippen LogP contribution in [0.5, 0.6) is 0 Å². The molecule has 1 aliphatic heterocycles. The molecule has 37 heavy (non-hydrogen) atoms. The van der Waals surface area contributed by atoms with E-state index in [0.29, 0.717) is 49.5 Å². The minimum atomic E-state index is -3.62. The minimum absolute atomic E-state index is 0.239. The largest absolute Gasteiger partial charge is 0.349 e. The van der Waals surface area contributed by atoms with Crippen molar-refractivity contribution < 1.29 is 8.42 Å². The molecule has 0 saturated carbocycles. The monoisotopic (exact) mass is 521 g/mol. The van der Waals surface area contributed by atoms with Crippen molar-refractivity contribution >= 4 is 21.1 Å². The number of rotatable bonds is 7. The van der Waals surface area contributed by atoms with Crippen molar-refractivity contribution in [1.82, 2.24) is 23.3 Å². The van der Waals surface area contributed by atoms with Crippen LogP contribution in [0.15, 0.2) is 75.1 Å². The zero-order valence-electron chi connectivity index (χ0n) is 21.1. The van der Waals surface area contributed by atoms with E-state index in [-0.39, 0.29) is 16.1 Å². The van der Waals surface area contributed by atoms with E-state index in [1.807, 2.05) is 25.1 Å². The van der Waals surface area contributed by atoms with E-state index in [4.69, 9.17) is 0 Å². The quantitative estimate of drug-likeness (QED) is 0.403. The molecule has 0 radical (unpaired) electrons. The first-order chi connectivity index (χ1) is 17.8. The van der Waals surface area contributed by atoms with Gasteiger partial charge in [0.05, 0.1) is 10.4 Å². The highest BCUT2D eigenvalue weighted by Gasteiger charge is 2.28. The summed E-state index contributed by atoms with van der Waals surface area (Å²) in [4.78, 5) is 30.9. The maximum atomic E-state index is 13.3. The standard InChI is InChI=1S/C27H31N5O4S/c1-3-13-32-24-18-23(28-25(24)26(33)29(2)27(32)34)21-9-11-22(12-10-21)37(35,36)31-16-14-30(15-17-31)19-20-7-5-4-6-8-20/h4-12,18,28H,3,13-17,19H2,1-2H3. The number of hydrogen-bond donors (Lipinski definition) is 1. The molecule has 0 amide bonds. The Labute approximate surface area is 215 Å². The predicted octanol–water partition coefficient (Wildman–Crippen LogP) is 2.61. The molecule has 0 spiro atoms. The van der Waals surface area contributed by atoms with Gasteiger partial charge >= 0.3 is 5.69 Å². The van der Waals surface area contributed by atoms with Gasteiger partial charge in [0.15, 0.2) is 0 Å². The van der Waals surface area contributed by atoms with Gasteiger partial charge in [-0.2, -0.15) is 4.31 Å². The van der Waals surface area contributed by atoms with E-state index in [0.717, 1.165) is 23.1 Å². The van der Waals surface area contributed by atoms with Crippen molar-refractivity contribution in [2.45, 2.75) is 31.3 Å². The molecule has 5 rings (SSSR count). The molecule has 1 fully saturated rings. The van der Waals surface area contributed by atoms with Gasteiger partial charge in [0.1, 0.15) is 5.52 Å². The lowest BCUT2D eigenvalue weighted by Gasteiger charge is -2.34. The minimum Gasteiger partial charge on any atom is -0.349 e. The van der Waals surface area contributed by atoms with Gasteiger partial charge in [0, 0.05) is 52.0 Å². The third kappa shape index (κ3) is 4.79. The van der Waals surface area contributed by atoms with Crippen LogP contribution in [0.1, 0.15) is 18.9 Å². The van der Waals surface area contributed by atoms with Crippen molar-refractivity contribution in [3.8, 4) is 11.3 Å². The van der Waals surface area contributed by atoms with Crippen LogP contribution in [-0.2, 0) is 30.2 Å². The summed E-state index contributed by atoms with van der Waals surface area (Å²) in [6.45, 7) is 5.51. The second kappa shape index (κ2) is 10.1. The van der Waals surface area contributed by atoms with Crippen LogP contribution in [0.4, 0.5) is 0 Å². The molecular weight excluding hydrogens is 490 g/mol.